The van der Waals surface area contributed by atoms with E-state index in [9.17, 15) is 4.79 Å². The van der Waals surface area contributed by atoms with Crippen LogP contribution < -0.4 is 10.6 Å². The molecule has 1 aromatic carbocycles. The van der Waals surface area contributed by atoms with Gasteiger partial charge in [0.2, 0.25) is 5.91 Å². The molecule has 0 aliphatic rings. The molecule has 1 aromatic rings. The van der Waals surface area contributed by atoms with Gasteiger partial charge in [-0.05, 0) is 24.2 Å². The van der Waals surface area contributed by atoms with Crippen LogP contribution in [0.5, 0.6) is 0 Å². The lowest BCUT2D eigenvalue weighted by atomic mass is 10.2. The number of hydrogen-bond donors (Lipinski definition) is 2. The van der Waals surface area contributed by atoms with Crippen LogP contribution in [0.25, 0.3) is 0 Å². The van der Waals surface area contributed by atoms with Gasteiger partial charge in [-0.15, -0.1) is 0 Å². The fraction of sp³-hybridized carbons (Fsp3) is 0.364. The number of likely N-dealkylation sites (N-methyl/N-ethyl adjacent to an activating group) is 1. The first-order valence-electron chi connectivity index (χ1n) is 4.94. The minimum absolute atomic E-state index is 0.0276. The van der Waals surface area contributed by atoms with Gasteiger partial charge in [0, 0.05) is 11.0 Å². The third-order valence-corrected chi connectivity index (χ3v) is 2.47. The van der Waals surface area contributed by atoms with E-state index in [1.807, 2.05) is 31.2 Å². The number of hydrogen-bond acceptors (Lipinski definition) is 2. The Labute approximate surface area is 98.4 Å². The summed E-state index contributed by atoms with van der Waals surface area (Å²) in [5.74, 6) is 0.0276. The molecular weight excluding hydrogens is 256 g/mol. The van der Waals surface area contributed by atoms with E-state index in [0.29, 0.717) is 13.1 Å². The lowest BCUT2D eigenvalue weighted by Crippen LogP contribution is -2.33. The van der Waals surface area contributed by atoms with Crippen LogP contribution in [0.4, 0.5) is 0 Å². The van der Waals surface area contributed by atoms with Gasteiger partial charge in [-0.2, -0.15) is 0 Å². The Morgan fingerprint density at radius 2 is 2.00 bits per heavy atom. The number of rotatable bonds is 5. The number of carbonyl (C=O) groups is 1. The average Bonchev–Trinajstić information content (AvgIpc) is 2.25. The summed E-state index contributed by atoms with van der Waals surface area (Å²) in [6.07, 6.45) is 0. The second-order valence-electron chi connectivity index (χ2n) is 3.18. The van der Waals surface area contributed by atoms with Gasteiger partial charge >= 0.3 is 0 Å². The Kier molecular flexibility index (Phi) is 5.36. The molecule has 4 heteroatoms. The van der Waals surface area contributed by atoms with E-state index in [4.69, 9.17) is 0 Å². The van der Waals surface area contributed by atoms with Crippen molar-refractivity contribution in [3.05, 3.63) is 34.3 Å². The molecule has 0 unspecified atom stereocenters. The highest BCUT2D eigenvalue weighted by Crippen LogP contribution is 2.09. The summed E-state index contributed by atoms with van der Waals surface area (Å²) in [5.41, 5.74) is 1.10. The molecule has 0 spiro atoms. The topological polar surface area (TPSA) is 41.1 Å². The zero-order valence-electron chi connectivity index (χ0n) is 8.72. The van der Waals surface area contributed by atoms with Crippen molar-refractivity contribution in [2.45, 2.75) is 13.5 Å². The molecule has 0 saturated carbocycles. The molecule has 0 aliphatic carbocycles. The first-order valence-corrected chi connectivity index (χ1v) is 5.73. The lowest BCUT2D eigenvalue weighted by Gasteiger charge is -2.05. The Morgan fingerprint density at radius 3 is 2.60 bits per heavy atom. The summed E-state index contributed by atoms with van der Waals surface area (Å²) < 4.78 is 1.05. The van der Waals surface area contributed by atoms with Gasteiger partial charge in [-0.3, -0.25) is 4.79 Å². The molecule has 2 N–H and O–H groups in total. The smallest absolute Gasteiger partial charge is 0.234 e. The van der Waals surface area contributed by atoms with E-state index in [1.54, 1.807) is 0 Å². The standard InChI is InChI=1S/C11H15BrN2O/c1-2-13-8-11(15)14-7-9-3-5-10(12)6-4-9/h3-6,13H,2,7-8H2,1H3,(H,14,15). The van der Waals surface area contributed by atoms with E-state index in [0.717, 1.165) is 16.6 Å². The van der Waals surface area contributed by atoms with Gasteiger partial charge in [0.1, 0.15) is 0 Å². The fourth-order valence-electron chi connectivity index (χ4n) is 1.10. The highest BCUT2D eigenvalue weighted by Gasteiger charge is 1.99. The summed E-state index contributed by atoms with van der Waals surface area (Å²) in [6, 6.07) is 7.90. The quantitative estimate of drug-likeness (QED) is 0.855. The summed E-state index contributed by atoms with van der Waals surface area (Å²) in [4.78, 5) is 11.3. The summed E-state index contributed by atoms with van der Waals surface area (Å²) in [6.45, 7) is 3.75. The van der Waals surface area contributed by atoms with Crippen molar-refractivity contribution in [2.24, 2.45) is 0 Å². The molecule has 1 amide bonds. The molecule has 0 aromatic heterocycles. The van der Waals surface area contributed by atoms with Gasteiger partial charge in [0.25, 0.3) is 0 Å². The monoisotopic (exact) mass is 270 g/mol. The van der Waals surface area contributed by atoms with Crippen LogP contribution in [-0.4, -0.2) is 19.0 Å². The summed E-state index contributed by atoms with van der Waals surface area (Å²) >= 11 is 3.36. The van der Waals surface area contributed by atoms with Crippen molar-refractivity contribution in [1.82, 2.24) is 10.6 Å². The Hall–Kier alpha value is -0.870. The normalized spacial score (nSPS) is 10.0. The SMILES string of the molecule is CCNCC(=O)NCc1ccc(Br)cc1. The highest BCUT2D eigenvalue weighted by molar-refractivity contribution is 9.10. The second kappa shape index (κ2) is 6.58. The van der Waals surface area contributed by atoms with Gasteiger partial charge in [0.05, 0.1) is 6.54 Å². The molecule has 3 nitrogen and oxygen atoms in total. The van der Waals surface area contributed by atoms with E-state index >= 15 is 0 Å². The largest absolute Gasteiger partial charge is 0.351 e. The highest BCUT2D eigenvalue weighted by atomic mass is 79.9. The lowest BCUT2D eigenvalue weighted by molar-refractivity contribution is -0.120. The third-order valence-electron chi connectivity index (χ3n) is 1.94. The summed E-state index contributed by atoms with van der Waals surface area (Å²) in [5, 5.41) is 5.81. The molecule has 0 atom stereocenters. The van der Waals surface area contributed by atoms with Crippen LogP contribution in [-0.2, 0) is 11.3 Å². The maximum atomic E-state index is 11.3. The summed E-state index contributed by atoms with van der Waals surface area (Å²) in [7, 11) is 0. The molecule has 1 rings (SSSR count). The number of amides is 1. The molecule has 0 fully saturated rings. The van der Waals surface area contributed by atoms with Crippen LogP contribution in [0.1, 0.15) is 12.5 Å². The van der Waals surface area contributed by atoms with Crippen molar-refractivity contribution < 1.29 is 4.79 Å². The van der Waals surface area contributed by atoms with E-state index in [1.165, 1.54) is 0 Å². The number of benzene rings is 1. The minimum Gasteiger partial charge on any atom is -0.351 e. The van der Waals surface area contributed by atoms with Crippen molar-refractivity contribution in [1.29, 1.82) is 0 Å². The maximum Gasteiger partial charge on any atom is 0.234 e. The molecule has 0 bridgehead atoms. The molecule has 0 heterocycles. The molecule has 82 valence electrons. The van der Waals surface area contributed by atoms with Crippen molar-refractivity contribution in [3.63, 3.8) is 0 Å². The predicted molar refractivity (Wildman–Crippen MR) is 64.5 cm³/mol. The molecule has 0 aliphatic heterocycles. The fourth-order valence-corrected chi connectivity index (χ4v) is 1.37. The Balaban J connectivity index is 2.30. The zero-order chi connectivity index (χ0) is 11.1. The molecule has 15 heavy (non-hydrogen) atoms. The number of halogens is 1. The first-order chi connectivity index (χ1) is 7.22. The van der Waals surface area contributed by atoms with Crippen LogP contribution >= 0.6 is 15.9 Å². The van der Waals surface area contributed by atoms with Crippen LogP contribution in [0.2, 0.25) is 0 Å². The molecular formula is C11H15BrN2O. The Bertz CT molecular complexity index is 311. The number of nitrogens with one attached hydrogen (secondary N) is 2. The van der Waals surface area contributed by atoms with E-state index in [2.05, 4.69) is 26.6 Å². The van der Waals surface area contributed by atoms with E-state index < -0.39 is 0 Å². The molecule has 0 saturated heterocycles. The average molecular weight is 271 g/mol. The predicted octanol–water partition coefficient (Wildman–Crippen LogP) is 1.67. The second-order valence-corrected chi connectivity index (χ2v) is 4.10. The maximum absolute atomic E-state index is 11.3. The van der Waals surface area contributed by atoms with E-state index in [-0.39, 0.29) is 5.91 Å². The van der Waals surface area contributed by atoms with Gasteiger partial charge in [-0.1, -0.05) is 35.0 Å². The zero-order valence-corrected chi connectivity index (χ0v) is 10.3. The van der Waals surface area contributed by atoms with Gasteiger partial charge < -0.3 is 10.6 Å². The minimum atomic E-state index is 0.0276. The van der Waals surface area contributed by atoms with Crippen LogP contribution in [0, 0.1) is 0 Å². The van der Waals surface area contributed by atoms with Crippen molar-refractivity contribution in [3.8, 4) is 0 Å². The first kappa shape index (κ1) is 12.2. The van der Waals surface area contributed by atoms with Crippen molar-refractivity contribution >= 4 is 21.8 Å². The number of carbonyl (C=O) groups excluding carboxylic acids is 1. The van der Waals surface area contributed by atoms with Crippen LogP contribution in [0.3, 0.4) is 0 Å². The van der Waals surface area contributed by atoms with Crippen LogP contribution in [0.15, 0.2) is 28.7 Å². The Morgan fingerprint density at radius 1 is 1.33 bits per heavy atom. The van der Waals surface area contributed by atoms with Crippen molar-refractivity contribution in [2.75, 3.05) is 13.1 Å². The molecule has 0 radical (unpaired) electrons. The van der Waals surface area contributed by atoms with Gasteiger partial charge in [0.15, 0.2) is 0 Å². The van der Waals surface area contributed by atoms with Gasteiger partial charge in [-0.25, -0.2) is 0 Å². The third kappa shape index (κ3) is 4.95.